The Morgan fingerprint density at radius 1 is 1.13 bits per heavy atom. The molecule has 0 atom stereocenters. The zero-order valence-electron chi connectivity index (χ0n) is 14.1. The second-order valence-corrected chi connectivity index (χ2v) is 7.58. The van der Waals surface area contributed by atoms with Crippen molar-refractivity contribution < 1.29 is 19.0 Å². The lowest BCUT2D eigenvalue weighted by atomic mass is 9.64. The average molecular weight is 324 g/mol. The molecule has 4 fully saturated rings. The van der Waals surface area contributed by atoms with Crippen LogP contribution in [0.4, 0.5) is 4.79 Å². The third-order valence-corrected chi connectivity index (χ3v) is 6.19. The Balaban J connectivity index is 1.25. The lowest BCUT2D eigenvalue weighted by Gasteiger charge is -2.52. The van der Waals surface area contributed by atoms with E-state index in [4.69, 9.17) is 14.2 Å². The number of amides is 1. The average Bonchev–Trinajstić information content (AvgIpc) is 3.15. The van der Waals surface area contributed by atoms with Crippen molar-refractivity contribution >= 4 is 6.09 Å². The summed E-state index contributed by atoms with van der Waals surface area (Å²) in [6.45, 7) is 7.70. The number of likely N-dealkylation sites (tertiary alicyclic amines) is 2. The Morgan fingerprint density at radius 2 is 1.83 bits per heavy atom. The van der Waals surface area contributed by atoms with Gasteiger partial charge in [0.2, 0.25) is 0 Å². The molecule has 0 unspecified atom stereocenters. The first-order chi connectivity index (χ1) is 11.1. The minimum atomic E-state index is -0.272. The molecule has 1 saturated carbocycles. The number of piperidine rings is 1. The van der Waals surface area contributed by atoms with Crippen molar-refractivity contribution in [2.75, 3.05) is 46.0 Å². The predicted molar refractivity (Wildman–Crippen MR) is 84.1 cm³/mol. The summed E-state index contributed by atoms with van der Waals surface area (Å²) < 4.78 is 16.8. The van der Waals surface area contributed by atoms with E-state index in [1.807, 2.05) is 11.8 Å². The van der Waals surface area contributed by atoms with Crippen LogP contribution in [0.5, 0.6) is 0 Å². The van der Waals surface area contributed by atoms with Crippen LogP contribution in [0.3, 0.4) is 0 Å². The molecule has 3 saturated heterocycles. The van der Waals surface area contributed by atoms with E-state index in [-0.39, 0.29) is 11.9 Å². The van der Waals surface area contributed by atoms with Gasteiger partial charge in [-0.15, -0.1) is 0 Å². The molecule has 130 valence electrons. The summed E-state index contributed by atoms with van der Waals surface area (Å²) in [5.74, 6) is -0.272. The molecule has 23 heavy (non-hydrogen) atoms. The fourth-order valence-corrected chi connectivity index (χ4v) is 4.85. The van der Waals surface area contributed by atoms with Gasteiger partial charge in [-0.2, -0.15) is 0 Å². The Morgan fingerprint density at radius 3 is 2.48 bits per heavy atom. The van der Waals surface area contributed by atoms with Crippen LogP contribution in [0.15, 0.2) is 0 Å². The van der Waals surface area contributed by atoms with E-state index in [0.717, 1.165) is 58.7 Å². The van der Waals surface area contributed by atoms with E-state index in [2.05, 4.69) is 4.90 Å². The maximum Gasteiger partial charge on any atom is 0.409 e. The highest BCUT2D eigenvalue weighted by Gasteiger charge is 2.52. The van der Waals surface area contributed by atoms with E-state index < -0.39 is 0 Å². The van der Waals surface area contributed by atoms with Crippen molar-refractivity contribution in [1.29, 1.82) is 0 Å². The number of hydrogen-bond donors (Lipinski definition) is 0. The van der Waals surface area contributed by atoms with E-state index in [9.17, 15) is 4.79 Å². The first kappa shape index (κ1) is 15.7. The van der Waals surface area contributed by atoms with Crippen LogP contribution in [0, 0.1) is 5.41 Å². The van der Waals surface area contributed by atoms with Crippen molar-refractivity contribution in [3.8, 4) is 0 Å². The summed E-state index contributed by atoms with van der Waals surface area (Å²) >= 11 is 0. The first-order valence-corrected chi connectivity index (χ1v) is 9.07. The molecule has 1 amide bonds. The monoisotopic (exact) mass is 324 g/mol. The number of nitrogens with zero attached hydrogens (tertiary/aromatic N) is 2. The summed E-state index contributed by atoms with van der Waals surface area (Å²) in [5, 5.41) is 0. The van der Waals surface area contributed by atoms with Crippen LogP contribution >= 0.6 is 0 Å². The van der Waals surface area contributed by atoms with Gasteiger partial charge < -0.3 is 19.1 Å². The van der Waals surface area contributed by atoms with Gasteiger partial charge in [0.1, 0.15) is 0 Å². The van der Waals surface area contributed by atoms with Crippen LogP contribution in [0.2, 0.25) is 0 Å². The van der Waals surface area contributed by atoms with Gasteiger partial charge in [-0.3, -0.25) is 4.90 Å². The molecule has 4 rings (SSSR count). The van der Waals surface area contributed by atoms with E-state index in [1.54, 1.807) is 0 Å². The first-order valence-electron chi connectivity index (χ1n) is 9.07. The molecule has 0 bridgehead atoms. The van der Waals surface area contributed by atoms with Gasteiger partial charge in [0.05, 0.1) is 19.8 Å². The summed E-state index contributed by atoms with van der Waals surface area (Å²) in [4.78, 5) is 16.4. The lowest BCUT2D eigenvalue weighted by Crippen LogP contribution is -2.56. The van der Waals surface area contributed by atoms with Crippen molar-refractivity contribution in [1.82, 2.24) is 9.80 Å². The van der Waals surface area contributed by atoms with E-state index in [0.29, 0.717) is 18.1 Å². The summed E-state index contributed by atoms with van der Waals surface area (Å²) in [7, 11) is 0. The Bertz CT molecular complexity index is 448. The molecule has 3 heterocycles. The zero-order valence-corrected chi connectivity index (χ0v) is 14.1. The van der Waals surface area contributed by atoms with Crippen LogP contribution in [0.1, 0.15) is 39.0 Å². The molecule has 2 spiro atoms. The molecule has 0 aromatic carbocycles. The molecule has 4 aliphatic rings. The van der Waals surface area contributed by atoms with Gasteiger partial charge in [-0.05, 0) is 31.6 Å². The zero-order chi connectivity index (χ0) is 15.9. The number of carbonyl (C=O) groups excluding carboxylic acids is 1. The number of hydrogen-bond acceptors (Lipinski definition) is 5. The highest BCUT2D eigenvalue weighted by atomic mass is 16.7. The topological polar surface area (TPSA) is 51.2 Å². The third kappa shape index (κ3) is 2.85. The standard InChI is InChI=1S/C17H28N2O4/c1-2-21-15(20)19-6-3-16(13-19)11-14(12-16)18-7-4-17(5-8-18)22-9-10-23-17/h14H,2-13H2,1H3/t14-,16+. The van der Waals surface area contributed by atoms with Crippen LogP contribution in [-0.4, -0.2) is 73.7 Å². The van der Waals surface area contributed by atoms with Gasteiger partial charge in [-0.1, -0.05) is 0 Å². The maximum absolute atomic E-state index is 11.9. The highest BCUT2D eigenvalue weighted by molar-refractivity contribution is 5.68. The number of ether oxygens (including phenoxy) is 3. The van der Waals surface area contributed by atoms with Crippen LogP contribution in [-0.2, 0) is 14.2 Å². The maximum atomic E-state index is 11.9. The molecule has 0 aromatic rings. The lowest BCUT2D eigenvalue weighted by molar-refractivity contribution is -0.192. The second kappa shape index (κ2) is 5.90. The fraction of sp³-hybridized carbons (Fsp3) is 0.941. The summed E-state index contributed by atoms with van der Waals surface area (Å²) in [6.07, 6.45) is 5.42. The summed E-state index contributed by atoms with van der Waals surface area (Å²) in [6, 6.07) is 0.677. The van der Waals surface area contributed by atoms with Gasteiger partial charge in [0, 0.05) is 45.1 Å². The smallest absolute Gasteiger partial charge is 0.409 e. The molecular formula is C17H28N2O4. The van der Waals surface area contributed by atoms with Gasteiger partial charge in [0.15, 0.2) is 5.79 Å². The molecule has 0 radical (unpaired) electrons. The van der Waals surface area contributed by atoms with Gasteiger partial charge in [-0.25, -0.2) is 4.79 Å². The Hall–Kier alpha value is -0.850. The molecule has 0 N–H and O–H groups in total. The van der Waals surface area contributed by atoms with Crippen LogP contribution in [0.25, 0.3) is 0 Å². The van der Waals surface area contributed by atoms with Gasteiger partial charge in [0.25, 0.3) is 0 Å². The quantitative estimate of drug-likeness (QED) is 0.776. The van der Waals surface area contributed by atoms with Gasteiger partial charge >= 0.3 is 6.09 Å². The molecule has 6 heteroatoms. The molecule has 0 aromatic heterocycles. The number of carbonyl (C=O) groups is 1. The minimum Gasteiger partial charge on any atom is -0.450 e. The fourth-order valence-electron chi connectivity index (χ4n) is 4.85. The van der Waals surface area contributed by atoms with Crippen molar-refractivity contribution in [3.05, 3.63) is 0 Å². The van der Waals surface area contributed by atoms with E-state index >= 15 is 0 Å². The molecule has 1 aliphatic carbocycles. The van der Waals surface area contributed by atoms with Crippen molar-refractivity contribution in [3.63, 3.8) is 0 Å². The molecule has 3 aliphatic heterocycles. The van der Waals surface area contributed by atoms with Crippen LogP contribution < -0.4 is 0 Å². The van der Waals surface area contributed by atoms with E-state index in [1.165, 1.54) is 12.8 Å². The van der Waals surface area contributed by atoms with Crippen molar-refractivity contribution in [2.24, 2.45) is 5.41 Å². The third-order valence-electron chi connectivity index (χ3n) is 6.19. The Kier molecular flexibility index (Phi) is 4.02. The molecular weight excluding hydrogens is 296 g/mol. The SMILES string of the molecule is CCOC(=O)N1CC[C@]2(C1)C[C@@H](N1CCC3(CC1)OCCO3)C2. The summed E-state index contributed by atoms with van der Waals surface area (Å²) in [5.41, 5.74) is 0.354. The minimum absolute atomic E-state index is 0.136. The predicted octanol–water partition coefficient (Wildman–Crippen LogP) is 1.84. The highest BCUT2D eigenvalue weighted by Crippen LogP contribution is 2.51. The van der Waals surface area contributed by atoms with Crippen molar-refractivity contribution in [2.45, 2.75) is 50.9 Å². The normalized spacial score (nSPS) is 36.6. The molecule has 6 nitrogen and oxygen atoms in total. The Labute approximate surface area is 138 Å². The largest absolute Gasteiger partial charge is 0.450 e. The second-order valence-electron chi connectivity index (χ2n) is 7.58. The number of rotatable bonds is 2.